The highest BCUT2D eigenvalue weighted by Crippen LogP contribution is 2.32. The van der Waals surface area contributed by atoms with E-state index < -0.39 is 6.09 Å². The van der Waals surface area contributed by atoms with Crippen LogP contribution in [0.4, 0.5) is 16.4 Å². The van der Waals surface area contributed by atoms with Crippen molar-refractivity contribution in [1.82, 2.24) is 29.4 Å². The maximum absolute atomic E-state index is 13.1. The Balaban J connectivity index is 1.42. The first kappa shape index (κ1) is 23.3. The van der Waals surface area contributed by atoms with E-state index in [1.165, 1.54) is 7.11 Å². The number of nitrogens with one attached hydrogen (secondary N) is 2. The van der Waals surface area contributed by atoms with Gasteiger partial charge in [-0.15, -0.1) is 0 Å². The molecule has 0 unspecified atom stereocenters. The number of hydrogen-bond acceptors (Lipinski definition) is 8. The van der Waals surface area contributed by atoms with E-state index in [2.05, 4.69) is 25.6 Å². The molecule has 0 aromatic carbocycles. The molecule has 1 aliphatic carbocycles. The van der Waals surface area contributed by atoms with E-state index in [9.17, 15) is 9.59 Å². The monoisotopic (exact) mass is 489 g/mol. The number of pyridine rings is 3. The number of rotatable bonds is 6. The Bertz CT molecular complexity index is 1460. The first-order chi connectivity index (χ1) is 17.5. The van der Waals surface area contributed by atoms with Gasteiger partial charge in [-0.25, -0.2) is 24.5 Å². The Morgan fingerprint density at radius 1 is 1.06 bits per heavy atom. The van der Waals surface area contributed by atoms with Crippen LogP contribution in [0.2, 0.25) is 0 Å². The molecule has 186 valence electrons. The van der Waals surface area contributed by atoms with Crippen LogP contribution in [0.25, 0.3) is 22.3 Å². The van der Waals surface area contributed by atoms with Crippen LogP contribution in [-0.2, 0) is 11.8 Å². The summed E-state index contributed by atoms with van der Waals surface area (Å²) in [6.07, 6.45) is 5.14. The lowest BCUT2D eigenvalue weighted by molar-refractivity contribution is 0.166. The van der Waals surface area contributed by atoms with Crippen molar-refractivity contribution in [3.8, 4) is 17.1 Å². The molecule has 1 saturated carbocycles. The summed E-state index contributed by atoms with van der Waals surface area (Å²) in [5, 5.41) is 6.10. The van der Waals surface area contributed by atoms with Crippen molar-refractivity contribution in [2.45, 2.75) is 31.3 Å². The van der Waals surface area contributed by atoms with Gasteiger partial charge in [0.1, 0.15) is 11.6 Å². The molecule has 4 heterocycles. The quantitative estimate of drug-likeness (QED) is 0.422. The predicted molar refractivity (Wildman–Crippen MR) is 134 cm³/mol. The molecule has 36 heavy (non-hydrogen) atoms. The molecule has 0 saturated heterocycles. The lowest BCUT2D eigenvalue weighted by atomic mass is 10.2. The van der Waals surface area contributed by atoms with Gasteiger partial charge in [-0.05, 0) is 37.5 Å². The maximum atomic E-state index is 13.1. The number of alkyl carbamates (subject to hydrolysis) is 1. The zero-order valence-electron chi connectivity index (χ0n) is 20.3. The third kappa shape index (κ3) is 4.47. The topological polar surface area (TPSA) is 125 Å². The zero-order valence-corrected chi connectivity index (χ0v) is 20.3. The Morgan fingerprint density at radius 3 is 2.67 bits per heavy atom. The first-order valence-corrected chi connectivity index (χ1v) is 11.6. The van der Waals surface area contributed by atoms with Crippen LogP contribution in [0.15, 0.2) is 53.6 Å². The van der Waals surface area contributed by atoms with Gasteiger partial charge in [-0.2, -0.15) is 0 Å². The standard InChI is InChI=1S/C25H27N7O4/c1-31-20-14-26-22(30-21-6-4-5-18(29-21)15-7-10-23(35-2)27-13-15)12-19(20)32(25(31)34)17-9-8-16(11-17)28-24(33)36-3/h4-7,10,12-14,16-17H,8-9,11H2,1-3H3,(H,28,33)(H,26,29,30)/t16-,17-/m1/s1. The number of amides is 1. The predicted octanol–water partition coefficient (Wildman–Crippen LogP) is 3.39. The Hall–Kier alpha value is -4.41. The van der Waals surface area contributed by atoms with E-state index in [0.29, 0.717) is 23.9 Å². The van der Waals surface area contributed by atoms with Crippen molar-refractivity contribution in [1.29, 1.82) is 0 Å². The lowest BCUT2D eigenvalue weighted by Crippen LogP contribution is -2.33. The molecule has 1 amide bonds. The largest absolute Gasteiger partial charge is 0.481 e. The summed E-state index contributed by atoms with van der Waals surface area (Å²) < 4.78 is 13.2. The summed E-state index contributed by atoms with van der Waals surface area (Å²) in [5.74, 6) is 1.72. The average Bonchev–Trinajstić information content (AvgIpc) is 3.45. The van der Waals surface area contributed by atoms with Crippen molar-refractivity contribution in [3.05, 3.63) is 59.3 Å². The molecule has 11 nitrogen and oxygen atoms in total. The fourth-order valence-electron chi connectivity index (χ4n) is 4.68. The molecule has 1 fully saturated rings. The van der Waals surface area contributed by atoms with Crippen LogP contribution in [0.5, 0.6) is 5.88 Å². The second kappa shape index (κ2) is 9.68. The Labute approximate surface area is 207 Å². The summed E-state index contributed by atoms with van der Waals surface area (Å²) in [5.41, 5.74) is 3.01. The van der Waals surface area contributed by atoms with Gasteiger partial charge in [-0.3, -0.25) is 9.13 Å². The van der Waals surface area contributed by atoms with Crippen LogP contribution < -0.4 is 21.1 Å². The molecule has 0 spiro atoms. The van der Waals surface area contributed by atoms with Crippen molar-refractivity contribution < 1.29 is 14.3 Å². The van der Waals surface area contributed by atoms with E-state index in [-0.39, 0.29) is 17.8 Å². The van der Waals surface area contributed by atoms with Crippen LogP contribution in [-0.4, -0.2) is 50.4 Å². The van der Waals surface area contributed by atoms with Gasteiger partial charge in [0.15, 0.2) is 0 Å². The van der Waals surface area contributed by atoms with Gasteiger partial charge in [0, 0.05) is 43.0 Å². The summed E-state index contributed by atoms with van der Waals surface area (Å²) in [6, 6.07) is 11.1. The lowest BCUT2D eigenvalue weighted by Gasteiger charge is -2.14. The number of aromatic nitrogens is 5. The number of ether oxygens (including phenoxy) is 2. The number of carbonyl (C=O) groups is 1. The fourth-order valence-corrected chi connectivity index (χ4v) is 4.68. The highest BCUT2D eigenvalue weighted by Gasteiger charge is 2.30. The summed E-state index contributed by atoms with van der Waals surface area (Å²) in [6.45, 7) is 0. The van der Waals surface area contributed by atoms with Gasteiger partial charge < -0.3 is 20.1 Å². The highest BCUT2D eigenvalue weighted by molar-refractivity contribution is 5.79. The van der Waals surface area contributed by atoms with E-state index in [4.69, 9.17) is 9.47 Å². The molecule has 1 aliphatic rings. The molecule has 5 rings (SSSR count). The van der Waals surface area contributed by atoms with Crippen LogP contribution >= 0.6 is 0 Å². The number of imidazole rings is 1. The SMILES string of the molecule is COC(=O)N[C@@H]1CC[C@@H](n2c(=O)n(C)c3cnc(Nc4cccc(-c5ccc(OC)nc5)n4)cc32)C1. The second-order valence-electron chi connectivity index (χ2n) is 8.69. The first-order valence-electron chi connectivity index (χ1n) is 11.6. The number of carbonyl (C=O) groups excluding carboxylic acids is 1. The molecule has 4 aromatic heterocycles. The van der Waals surface area contributed by atoms with Gasteiger partial charge in [0.05, 0.1) is 37.1 Å². The highest BCUT2D eigenvalue weighted by atomic mass is 16.5. The number of hydrogen-bond donors (Lipinski definition) is 2. The zero-order chi connectivity index (χ0) is 25.2. The number of methoxy groups -OCH3 is 2. The molecule has 0 bridgehead atoms. The molecular formula is C25H27N7O4. The van der Waals surface area contributed by atoms with Gasteiger partial charge in [0.25, 0.3) is 0 Å². The maximum Gasteiger partial charge on any atom is 0.407 e. The Morgan fingerprint density at radius 2 is 1.92 bits per heavy atom. The number of anilines is 2. The molecule has 4 aromatic rings. The molecule has 11 heteroatoms. The summed E-state index contributed by atoms with van der Waals surface area (Å²) in [4.78, 5) is 38.2. The molecular weight excluding hydrogens is 462 g/mol. The smallest absolute Gasteiger partial charge is 0.407 e. The minimum atomic E-state index is -0.457. The average molecular weight is 490 g/mol. The fraction of sp³-hybridized carbons (Fsp3) is 0.320. The minimum absolute atomic E-state index is 0.0385. The van der Waals surface area contributed by atoms with E-state index in [0.717, 1.165) is 35.1 Å². The number of nitrogens with zero attached hydrogens (tertiary/aromatic N) is 5. The van der Waals surface area contributed by atoms with Crippen molar-refractivity contribution in [2.24, 2.45) is 7.05 Å². The third-order valence-corrected chi connectivity index (χ3v) is 6.50. The normalized spacial score (nSPS) is 17.2. The summed E-state index contributed by atoms with van der Waals surface area (Å²) >= 11 is 0. The van der Waals surface area contributed by atoms with Gasteiger partial charge >= 0.3 is 11.8 Å². The number of fused-ring (bicyclic) bond motifs is 1. The van der Waals surface area contributed by atoms with Crippen LogP contribution in [0, 0.1) is 0 Å². The molecule has 2 atom stereocenters. The van der Waals surface area contributed by atoms with Crippen LogP contribution in [0.1, 0.15) is 25.3 Å². The second-order valence-corrected chi connectivity index (χ2v) is 8.69. The van der Waals surface area contributed by atoms with Crippen molar-refractivity contribution in [2.75, 3.05) is 19.5 Å². The Kier molecular flexibility index (Phi) is 6.28. The molecule has 0 aliphatic heterocycles. The van der Waals surface area contributed by atoms with E-state index >= 15 is 0 Å². The van der Waals surface area contributed by atoms with Gasteiger partial charge in [-0.1, -0.05) is 6.07 Å². The van der Waals surface area contributed by atoms with Crippen molar-refractivity contribution in [3.63, 3.8) is 0 Å². The third-order valence-electron chi connectivity index (χ3n) is 6.50. The summed E-state index contributed by atoms with van der Waals surface area (Å²) in [7, 11) is 4.66. The van der Waals surface area contributed by atoms with Crippen molar-refractivity contribution >= 4 is 28.8 Å². The van der Waals surface area contributed by atoms with E-state index in [1.54, 1.807) is 41.8 Å². The molecule has 2 N–H and O–H groups in total. The van der Waals surface area contributed by atoms with Crippen LogP contribution in [0.3, 0.4) is 0 Å². The minimum Gasteiger partial charge on any atom is -0.481 e. The van der Waals surface area contributed by atoms with Gasteiger partial charge in [0.2, 0.25) is 5.88 Å². The van der Waals surface area contributed by atoms with E-state index in [1.807, 2.05) is 30.3 Å². The molecule has 0 radical (unpaired) electrons. The number of aryl methyl sites for hydroxylation is 1.